The Morgan fingerprint density at radius 3 is 1.43 bits per heavy atom. The van der Waals surface area contributed by atoms with Gasteiger partial charge in [-0.15, -0.1) is 19.8 Å². The van der Waals surface area contributed by atoms with Gasteiger partial charge in [0.05, 0.1) is 0 Å². The Kier molecular flexibility index (Phi) is 19.2. The number of allylic oxidation sites excluding steroid dienone is 12. The van der Waals surface area contributed by atoms with Gasteiger partial charge in [0.15, 0.2) is 0 Å². The van der Waals surface area contributed by atoms with Crippen LogP contribution in [0, 0.1) is 23.6 Å². The van der Waals surface area contributed by atoms with E-state index in [1.165, 1.54) is 53.5 Å². The second-order valence-corrected chi connectivity index (χ2v) is 9.47. The first-order valence-corrected chi connectivity index (χ1v) is 13.6. The molecule has 0 aromatic heterocycles. The Balaban J connectivity index is 0. The minimum Gasteiger partial charge on any atom is -0.269 e. The summed E-state index contributed by atoms with van der Waals surface area (Å²) in [5, 5.41) is 0. The van der Waals surface area contributed by atoms with Crippen molar-refractivity contribution in [3.63, 3.8) is 0 Å². The zero-order valence-electron chi connectivity index (χ0n) is 21.1. The second kappa shape index (κ2) is 18.1. The van der Waals surface area contributed by atoms with E-state index in [9.17, 15) is 0 Å². The van der Waals surface area contributed by atoms with Crippen LogP contribution in [-0.4, -0.2) is 9.52 Å². The van der Waals surface area contributed by atoms with Crippen molar-refractivity contribution in [3.8, 4) is 0 Å². The largest absolute Gasteiger partial charge is 3.00 e. The Morgan fingerprint density at radius 1 is 0.867 bits per heavy atom. The standard InChI is InChI=1S/C10H15.2C8H11.C2H7Si.Zr/c1-7-6-10(4,5)9(3)8(7)2;2*1-2-5-8-6-3-4-7-8;1-3-2;/h1-5H3;2*3,6H,2,4-5H2,1H3;3H,1-2H3;/q3*-1;;+3. The summed E-state index contributed by atoms with van der Waals surface area (Å²) in [6, 6.07) is 0. The van der Waals surface area contributed by atoms with E-state index in [2.05, 4.69) is 104 Å². The number of hydrogen-bond donors (Lipinski definition) is 0. The summed E-state index contributed by atoms with van der Waals surface area (Å²) in [6.45, 7) is 19.7. The van der Waals surface area contributed by atoms with Gasteiger partial charge in [-0.1, -0.05) is 85.7 Å². The molecule has 3 rings (SSSR count). The van der Waals surface area contributed by atoms with Gasteiger partial charge >= 0.3 is 26.2 Å². The summed E-state index contributed by atoms with van der Waals surface area (Å²) in [5.41, 5.74) is 7.19. The van der Waals surface area contributed by atoms with E-state index in [-0.39, 0.29) is 31.6 Å². The van der Waals surface area contributed by atoms with Crippen LogP contribution in [0.5, 0.6) is 0 Å². The monoisotopic (exact) mass is 498 g/mol. The molecule has 0 saturated carbocycles. The first kappa shape index (κ1) is 31.7. The summed E-state index contributed by atoms with van der Waals surface area (Å²) >= 11 is 0. The Morgan fingerprint density at radius 2 is 1.27 bits per heavy atom. The van der Waals surface area contributed by atoms with Crippen LogP contribution in [0.2, 0.25) is 13.1 Å². The molecular weight excluding hydrogens is 456 g/mol. The maximum atomic E-state index is 3.44. The molecule has 0 nitrogen and oxygen atoms in total. The summed E-state index contributed by atoms with van der Waals surface area (Å²) < 4.78 is 0. The van der Waals surface area contributed by atoms with Crippen LogP contribution >= 0.6 is 0 Å². The van der Waals surface area contributed by atoms with E-state index in [0.717, 1.165) is 22.4 Å². The van der Waals surface area contributed by atoms with Gasteiger partial charge in [-0.25, -0.2) is 28.9 Å². The van der Waals surface area contributed by atoms with Gasteiger partial charge in [0.2, 0.25) is 0 Å². The van der Waals surface area contributed by atoms with Gasteiger partial charge in [-0.3, -0.25) is 18.2 Å². The van der Waals surface area contributed by atoms with Crippen LogP contribution in [0.3, 0.4) is 0 Å². The summed E-state index contributed by atoms with van der Waals surface area (Å²) in [4.78, 5) is 0. The van der Waals surface area contributed by atoms with Gasteiger partial charge in [0.25, 0.3) is 0 Å². The minimum absolute atomic E-state index is 0. The Hall–Kier alpha value is -0.460. The molecule has 0 fully saturated rings. The fourth-order valence-corrected chi connectivity index (χ4v) is 3.19. The fourth-order valence-electron chi connectivity index (χ4n) is 3.19. The van der Waals surface area contributed by atoms with Crippen molar-refractivity contribution in [3.05, 3.63) is 70.4 Å². The Labute approximate surface area is 210 Å². The average Bonchev–Trinajstić information content (AvgIpc) is 3.39. The Bertz CT molecular complexity index is 622. The van der Waals surface area contributed by atoms with Gasteiger partial charge < -0.3 is 0 Å². The maximum Gasteiger partial charge on any atom is 3.00 e. The first-order valence-electron chi connectivity index (χ1n) is 11.3. The van der Waals surface area contributed by atoms with Crippen molar-refractivity contribution in [2.45, 2.75) is 100 Å². The van der Waals surface area contributed by atoms with Crippen LogP contribution < -0.4 is 0 Å². The number of rotatable bonds is 4. The zero-order chi connectivity index (χ0) is 22.3. The van der Waals surface area contributed by atoms with E-state index in [1.807, 2.05) is 0 Å². The molecule has 2 radical (unpaired) electrons. The van der Waals surface area contributed by atoms with Gasteiger partial charge in [-0.05, 0) is 0 Å². The molecule has 0 bridgehead atoms. The SMILES string of the molecule is CC1=[C-]C(C)(C)C(C)=C1C.CCCC1=[C-]CC=C1.CCCC1=[C-]CC=C1.C[SiH]C.[Zr+3]. The summed E-state index contributed by atoms with van der Waals surface area (Å²) in [5.74, 6) is 0. The molecule has 0 N–H and O–H groups in total. The molecule has 0 spiro atoms. The molecule has 0 unspecified atom stereocenters. The normalized spacial score (nSPS) is 17.4. The predicted molar refractivity (Wildman–Crippen MR) is 134 cm³/mol. The van der Waals surface area contributed by atoms with Crippen LogP contribution in [0.4, 0.5) is 0 Å². The molecule has 30 heavy (non-hydrogen) atoms. The van der Waals surface area contributed by atoms with E-state index < -0.39 is 0 Å². The summed E-state index contributed by atoms with van der Waals surface area (Å²) in [7, 11) is 0.750. The van der Waals surface area contributed by atoms with Crippen LogP contribution in [0.15, 0.2) is 52.2 Å². The molecule has 2 heteroatoms. The fraction of sp³-hybridized carbons (Fsp3) is 0.571. The van der Waals surface area contributed by atoms with Crippen molar-refractivity contribution >= 4 is 9.52 Å². The molecule has 0 aromatic carbocycles. The smallest absolute Gasteiger partial charge is 0.269 e. The van der Waals surface area contributed by atoms with Gasteiger partial charge in [-0.2, -0.15) is 23.3 Å². The molecule has 3 aliphatic rings. The third kappa shape index (κ3) is 13.1. The molecule has 0 aliphatic heterocycles. The van der Waals surface area contributed by atoms with E-state index >= 15 is 0 Å². The molecule has 164 valence electrons. The molecule has 0 heterocycles. The van der Waals surface area contributed by atoms with Crippen molar-refractivity contribution in [1.29, 1.82) is 0 Å². The van der Waals surface area contributed by atoms with Crippen molar-refractivity contribution < 1.29 is 26.2 Å². The zero-order valence-corrected chi connectivity index (χ0v) is 24.7. The van der Waals surface area contributed by atoms with Crippen molar-refractivity contribution in [2.75, 3.05) is 0 Å². The van der Waals surface area contributed by atoms with Crippen molar-refractivity contribution in [2.24, 2.45) is 5.41 Å². The van der Waals surface area contributed by atoms with E-state index in [1.54, 1.807) is 0 Å². The van der Waals surface area contributed by atoms with Crippen molar-refractivity contribution in [1.82, 2.24) is 0 Å². The number of hydrogen-bond acceptors (Lipinski definition) is 0. The molecule has 0 atom stereocenters. The predicted octanol–water partition coefficient (Wildman–Crippen LogP) is 8.58. The third-order valence-electron chi connectivity index (χ3n) is 5.13. The quantitative estimate of drug-likeness (QED) is 0.268. The molecule has 0 amide bonds. The van der Waals surface area contributed by atoms with E-state index in [4.69, 9.17) is 0 Å². The van der Waals surface area contributed by atoms with Crippen LogP contribution in [0.25, 0.3) is 0 Å². The molecular formula is C28H44SiZr. The molecule has 3 aliphatic carbocycles. The first-order chi connectivity index (χ1) is 13.7. The van der Waals surface area contributed by atoms with Crippen LogP contribution in [-0.2, 0) is 26.2 Å². The third-order valence-corrected chi connectivity index (χ3v) is 5.13. The average molecular weight is 500 g/mol. The summed E-state index contributed by atoms with van der Waals surface area (Å²) in [6.07, 6.45) is 25.6. The van der Waals surface area contributed by atoms with Crippen LogP contribution in [0.1, 0.15) is 87.0 Å². The van der Waals surface area contributed by atoms with E-state index in [0.29, 0.717) is 0 Å². The van der Waals surface area contributed by atoms with Gasteiger partial charge in [0.1, 0.15) is 0 Å². The second-order valence-electron chi connectivity index (χ2n) is 8.32. The minimum atomic E-state index is 0. The topological polar surface area (TPSA) is 0 Å². The molecule has 0 aromatic rings. The maximum absolute atomic E-state index is 3.44. The molecule has 0 saturated heterocycles. The van der Waals surface area contributed by atoms with Gasteiger partial charge in [0, 0.05) is 9.52 Å².